The normalized spacial score (nSPS) is 14.3. The fourth-order valence-corrected chi connectivity index (χ4v) is 3.08. The molecule has 0 bridgehead atoms. The van der Waals surface area contributed by atoms with Crippen molar-refractivity contribution in [1.29, 1.82) is 0 Å². The number of hydrogen-bond donors (Lipinski definition) is 2. The fourth-order valence-electron chi connectivity index (χ4n) is 3.08. The van der Waals surface area contributed by atoms with E-state index in [0.29, 0.717) is 11.0 Å². The van der Waals surface area contributed by atoms with E-state index in [9.17, 15) is 9.18 Å². The maximum atomic E-state index is 13.3. The molecule has 0 spiro atoms. The van der Waals surface area contributed by atoms with Crippen molar-refractivity contribution in [3.8, 4) is 0 Å². The summed E-state index contributed by atoms with van der Waals surface area (Å²) in [6.45, 7) is 1.99. The van der Waals surface area contributed by atoms with Crippen molar-refractivity contribution in [2.24, 2.45) is 0 Å². The first kappa shape index (κ1) is 14.7. The molecular weight excluding hydrogens is 307 g/mol. The number of H-pyrrole nitrogens is 1. The van der Waals surface area contributed by atoms with Crippen LogP contribution in [0.1, 0.15) is 23.5 Å². The van der Waals surface area contributed by atoms with Crippen LogP contribution >= 0.6 is 0 Å². The Balaban J connectivity index is 1.61. The van der Waals surface area contributed by atoms with Gasteiger partial charge in [0, 0.05) is 13.1 Å². The van der Waals surface area contributed by atoms with Crippen LogP contribution in [-0.2, 0) is 0 Å². The second kappa shape index (κ2) is 5.96. The number of rotatable bonds is 3. The molecule has 2 N–H and O–H groups in total. The van der Waals surface area contributed by atoms with Crippen LogP contribution < -0.4 is 10.2 Å². The molecule has 3 aromatic rings. The highest BCUT2D eigenvalue weighted by molar-refractivity contribution is 6.05. The van der Waals surface area contributed by atoms with Gasteiger partial charge in [-0.1, -0.05) is 12.1 Å². The van der Waals surface area contributed by atoms with Crippen LogP contribution in [-0.4, -0.2) is 29.0 Å². The molecule has 4 rings (SSSR count). The molecule has 1 aliphatic heterocycles. The minimum Gasteiger partial charge on any atom is -0.370 e. The van der Waals surface area contributed by atoms with Gasteiger partial charge in [-0.2, -0.15) is 0 Å². The van der Waals surface area contributed by atoms with E-state index in [4.69, 9.17) is 0 Å². The third-order valence-corrected chi connectivity index (χ3v) is 4.26. The molecule has 2 aromatic carbocycles. The Kier molecular flexibility index (Phi) is 3.65. The molecule has 1 aromatic heterocycles. The Hall–Kier alpha value is -2.89. The molecule has 5 nitrogen and oxygen atoms in total. The third kappa shape index (κ3) is 2.71. The van der Waals surface area contributed by atoms with E-state index in [-0.39, 0.29) is 17.5 Å². The lowest BCUT2D eigenvalue weighted by Gasteiger charge is -2.21. The van der Waals surface area contributed by atoms with E-state index >= 15 is 0 Å². The van der Waals surface area contributed by atoms with E-state index in [2.05, 4.69) is 20.2 Å². The maximum Gasteiger partial charge on any atom is 0.291 e. The zero-order valence-electron chi connectivity index (χ0n) is 13.1. The summed E-state index contributed by atoms with van der Waals surface area (Å²) in [4.78, 5) is 21.9. The molecule has 122 valence electrons. The number of halogens is 1. The van der Waals surface area contributed by atoms with Crippen molar-refractivity contribution in [2.45, 2.75) is 12.8 Å². The Labute approximate surface area is 138 Å². The second-order valence-corrected chi connectivity index (χ2v) is 5.91. The molecule has 2 heterocycles. The molecule has 0 saturated carbocycles. The van der Waals surface area contributed by atoms with Gasteiger partial charge in [0.1, 0.15) is 5.82 Å². The van der Waals surface area contributed by atoms with Crippen LogP contribution in [0.2, 0.25) is 0 Å². The van der Waals surface area contributed by atoms with E-state index < -0.39 is 0 Å². The number of imidazole rings is 1. The van der Waals surface area contributed by atoms with Gasteiger partial charge in [0.15, 0.2) is 5.82 Å². The first-order valence-electron chi connectivity index (χ1n) is 8.01. The number of aromatic nitrogens is 2. The monoisotopic (exact) mass is 324 g/mol. The van der Waals surface area contributed by atoms with Gasteiger partial charge in [-0.3, -0.25) is 4.79 Å². The quantitative estimate of drug-likeness (QED) is 0.774. The Morgan fingerprint density at radius 3 is 2.79 bits per heavy atom. The molecule has 0 aliphatic carbocycles. The molecule has 1 amide bonds. The third-order valence-electron chi connectivity index (χ3n) is 4.26. The van der Waals surface area contributed by atoms with Crippen molar-refractivity contribution in [2.75, 3.05) is 23.3 Å². The minimum atomic E-state index is -0.363. The average molecular weight is 324 g/mol. The van der Waals surface area contributed by atoms with Crippen molar-refractivity contribution < 1.29 is 9.18 Å². The molecule has 1 saturated heterocycles. The van der Waals surface area contributed by atoms with Crippen LogP contribution in [0.15, 0.2) is 42.5 Å². The van der Waals surface area contributed by atoms with E-state index in [1.54, 1.807) is 6.07 Å². The van der Waals surface area contributed by atoms with Gasteiger partial charge in [-0.15, -0.1) is 0 Å². The van der Waals surface area contributed by atoms with Crippen LogP contribution in [0.3, 0.4) is 0 Å². The van der Waals surface area contributed by atoms with Crippen LogP contribution in [0, 0.1) is 5.82 Å². The number of fused-ring (bicyclic) bond motifs is 1. The number of hydrogen-bond acceptors (Lipinski definition) is 3. The highest BCUT2D eigenvalue weighted by Gasteiger charge is 2.18. The number of anilines is 2. The Morgan fingerprint density at radius 1 is 1.17 bits per heavy atom. The Bertz CT molecular complexity index is 899. The lowest BCUT2D eigenvalue weighted by Crippen LogP contribution is -2.21. The Morgan fingerprint density at radius 2 is 1.96 bits per heavy atom. The molecule has 0 radical (unpaired) electrons. The summed E-state index contributed by atoms with van der Waals surface area (Å²) in [7, 11) is 0. The molecule has 1 aliphatic rings. The second-order valence-electron chi connectivity index (χ2n) is 5.91. The highest BCUT2D eigenvalue weighted by atomic mass is 19.1. The number of benzene rings is 2. The minimum absolute atomic E-state index is 0.173. The molecule has 1 fully saturated rings. The zero-order chi connectivity index (χ0) is 16.5. The summed E-state index contributed by atoms with van der Waals surface area (Å²) in [5, 5.41) is 2.91. The summed E-state index contributed by atoms with van der Waals surface area (Å²) < 4.78 is 13.3. The highest BCUT2D eigenvalue weighted by Crippen LogP contribution is 2.29. The predicted octanol–water partition coefficient (Wildman–Crippen LogP) is 3.55. The van der Waals surface area contributed by atoms with Crippen LogP contribution in [0.25, 0.3) is 11.0 Å². The summed E-state index contributed by atoms with van der Waals surface area (Å²) in [5.74, 6) is -0.525. The average Bonchev–Trinajstić information content (AvgIpc) is 3.24. The first-order valence-corrected chi connectivity index (χ1v) is 8.01. The van der Waals surface area contributed by atoms with Gasteiger partial charge < -0.3 is 15.2 Å². The van der Waals surface area contributed by atoms with E-state index in [0.717, 1.165) is 37.3 Å². The SMILES string of the molecule is O=C(Nc1ccccc1N1CCCC1)c1nc2ccc(F)cc2[nH]1. The number of carbonyl (C=O) groups excluding carboxylic acids is 1. The standard InChI is InChI=1S/C18H17FN4O/c19-12-7-8-13-15(11-12)21-17(20-13)18(24)22-14-5-1-2-6-16(14)23-9-3-4-10-23/h1-2,5-8,11H,3-4,9-10H2,(H,20,21)(H,22,24). The molecule has 0 atom stereocenters. The molecule has 6 heteroatoms. The lowest BCUT2D eigenvalue weighted by atomic mass is 10.2. The molecule has 0 unspecified atom stereocenters. The van der Waals surface area contributed by atoms with E-state index in [1.165, 1.54) is 12.1 Å². The lowest BCUT2D eigenvalue weighted by molar-refractivity contribution is 0.101. The maximum absolute atomic E-state index is 13.3. The summed E-state index contributed by atoms with van der Waals surface area (Å²) >= 11 is 0. The van der Waals surface area contributed by atoms with Crippen LogP contribution in [0.5, 0.6) is 0 Å². The van der Waals surface area contributed by atoms with E-state index in [1.807, 2.05) is 24.3 Å². The van der Waals surface area contributed by atoms with Gasteiger partial charge in [0.25, 0.3) is 5.91 Å². The van der Waals surface area contributed by atoms with Crippen molar-refractivity contribution in [3.63, 3.8) is 0 Å². The van der Waals surface area contributed by atoms with Crippen molar-refractivity contribution >= 4 is 28.3 Å². The van der Waals surface area contributed by atoms with Gasteiger partial charge in [0.2, 0.25) is 0 Å². The number of carbonyl (C=O) groups is 1. The zero-order valence-corrected chi connectivity index (χ0v) is 13.1. The smallest absolute Gasteiger partial charge is 0.291 e. The summed E-state index contributed by atoms with van der Waals surface area (Å²) in [6, 6.07) is 12.0. The largest absolute Gasteiger partial charge is 0.370 e. The van der Waals surface area contributed by atoms with Crippen molar-refractivity contribution in [1.82, 2.24) is 9.97 Å². The first-order chi connectivity index (χ1) is 11.7. The number of nitrogens with one attached hydrogen (secondary N) is 2. The fraction of sp³-hybridized carbons (Fsp3) is 0.222. The summed E-state index contributed by atoms with van der Waals surface area (Å²) in [6.07, 6.45) is 2.33. The number of aromatic amines is 1. The van der Waals surface area contributed by atoms with Gasteiger partial charge in [-0.05, 0) is 43.2 Å². The topological polar surface area (TPSA) is 61.0 Å². The van der Waals surface area contributed by atoms with Crippen molar-refractivity contribution in [3.05, 3.63) is 54.1 Å². The predicted molar refractivity (Wildman–Crippen MR) is 91.9 cm³/mol. The summed E-state index contributed by atoms with van der Waals surface area (Å²) in [5.41, 5.74) is 2.85. The number of para-hydroxylation sites is 2. The van der Waals surface area contributed by atoms with Gasteiger partial charge >= 0.3 is 0 Å². The van der Waals surface area contributed by atoms with Gasteiger partial charge in [-0.25, -0.2) is 9.37 Å². The van der Waals surface area contributed by atoms with Crippen LogP contribution in [0.4, 0.5) is 15.8 Å². The number of nitrogens with zero attached hydrogens (tertiary/aromatic N) is 2. The molecule has 24 heavy (non-hydrogen) atoms. The molecular formula is C18H17FN4O. The number of amides is 1. The van der Waals surface area contributed by atoms with Gasteiger partial charge in [0.05, 0.1) is 22.4 Å².